The molecule has 3 aromatic rings. The van der Waals surface area contributed by atoms with E-state index in [0.29, 0.717) is 24.4 Å². The van der Waals surface area contributed by atoms with Crippen molar-refractivity contribution in [2.45, 2.75) is 50.3 Å². The number of aromatic nitrogens is 2. The van der Waals surface area contributed by atoms with Crippen molar-refractivity contribution in [1.29, 1.82) is 0 Å². The lowest BCUT2D eigenvalue weighted by molar-refractivity contribution is 0.0446. The summed E-state index contributed by atoms with van der Waals surface area (Å²) in [4.78, 5) is 33.6. The Morgan fingerprint density at radius 3 is 2.33 bits per heavy atom. The summed E-state index contributed by atoms with van der Waals surface area (Å²) in [5, 5.41) is 20.4. The number of amides is 2. The van der Waals surface area contributed by atoms with Crippen molar-refractivity contribution in [2.24, 2.45) is 0 Å². The molecular weight excluding hydrogens is 456 g/mol. The van der Waals surface area contributed by atoms with Crippen molar-refractivity contribution in [2.75, 3.05) is 19.6 Å². The van der Waals surface area contributed by atoms with E-state index >= 15 is 0 Å². The van der Waals surface area contributed by atoms with Crippen LogP contribution in [-0.2, 0) is 6.42 Å². The maximum absolute atomic E-state index is 14.1. The van der Waals surface area contributed by atoms with Crippen molar-refractivity contribution >= 4 is 12.0 Å². The monoisotopic (exact) mass is 488 g/mol. The van der Waals surface area contributed by atoms with Crippen LogP contribution in [0.5, 0.6) is 0 Å². The summed E-state index contributed by atoms with van der Waals surface area (Å²) in [7, 11) is 0. The Balaban J connectivity index is 1.51. The lowest BCUT2D eigenvalue weighted by Gasteiger charge is -2.40. The number of rotatable bonds is 5. The summed E-state index contributed by atoms with van der Waals surface area (Å²) in [5.74, 6) is -0.205. The van der Waals surface area contributed by atoms with Gasteiger partial charge in [0.1, 0.15) is 0 Å². The molecule has 3 atom stereocenters. The first-order chi connectivity index (χ1) is 17.5. The molecule has 36 heavy (non-hydrogen) atoms. The number of carbonyl (C=O) groups is 2. The quantitative estimate of drug-likeness (QED) is 0.564. The van der Waals surface area contributed by atoms with E-state index in [1.807, 2.05) is 65.2 Å². The van der Waals surface area contributed by atoms with E-state index < -0.39 is 12.2 Å². The summed E-state index contributed by atoms with van der Waals surface area (Å²) in [6, 6.07) is 19.1. The van der Waals surface area contributed by atoms with Gasteiger partial charge in [0.15, 0.2) is 5.69 Å². The molecule has 1 saturated carbocycles. The van der Waals surface area contributed by atoms with Crippen LogP contribution in [0.4, 0.5) is 4.79 Å². The Morgan fingerprint density at radius 2 is 1.64 bits per heavy atom. The molecule has 1 aliphatic carbocycles. The zero-order chi connectivity index (χ0) is 25.1. The third kappa shape index (κ3) is 4.86. The molecule has 2 fully saturated rings. The van der Waals surface area contributed by atoms with Crippen molar-refractivity contribution in [1.82, 2.24) is 19.4 Å². The van der Waals surface area contributed by atoms with Gasteiger partial charge in [0.25, 0.3) is 5.91 Å². The zero-order valence-electron chi connectivity index (χ0n) is 20.2. The average molecular weight is 489 g/mol. The van der Waals surface area contributed by atoms with E-state index in [1.165, 1.54) is 4.90 Å². The van der Waals surface area contributed by atoms with Gasteiger partial charge in [-0.3, -0.25) is 4.79 Å². The van der Waals surface area contributed by atoms with Gasteiger partial charge < -0.3 is 24.6 Å². The Kier molecular flexibility index (Phi) is 7.04. The van der Waals surface area contributed by atoms with Crippen LogP contribution < -0.4 is 0 Å². The standard InChI is InChI=1S/C28H32N4O4/c33-24-14-8-7-13-23(24)32-19-29-25(26(32)21-11-5-2-6-12-21)27(34)31-16-15-30(28(35)36)18-22(31)17-20-9-3-1-4-10-20/h1-6,9-12,19,22-24,33H,7-8,13-18H2,(H,35,36)/t22-,23-,24+/m1/s1. The maximum atomic E-state index is 14.1. The number of nitrogens with zero attached hydrogens (tertiary/aromatic N) is 4. The number of hydrogen-bond acceptors (Lipinski definition) is 4. The molecular formula is C28H32N4O4. The van der Waals surface area contributed by atoms with Gasteiger partial charge >= 0.3 is 6.09 Å². The molecule has 8 heteroatoms. The minimum absolute atomic E-state index is 0.132. The molecule has 2 N–H and O–H groups in total. The van der Waals surface area contributed by atoms with Crippen molar-refractivity contribution in [3.63, 3.8) is 0 Å². The summed E-state index contributed by atoms with van der Waals surface area (Å²) in [5.41, 5.74) is 2.98. The number of hydrogen-bond donors (Lipinski definition) is 2. The molecule has 1 aliphatic heterocycles. The van der Waals surface area contributed by atoms with Crippen molar-refractivity contribution in [3.05, 3.63) is 78.2 Å². The van der Waals surface area contributed by atoms with Gasteiger partial charge in [0, 0.05) is 25.2 Å². The highest BCUT2D eigenvalue weighted by atomic mass is 16.4. The number of benzene rings is 2. The number of carbonyl (C=O) groups excluding carboxylic acids is 1. The second-order valence-electron chi connectivity index (χ2n) is 9.70. The molecule has 5 rings (SSSR count). The van der Waals surface area contributed by atoms with E-state index in [4.69, 9.17) is 0 Å². The molecule has 2 aromatic carbocycles. The maximum Gasteiger partial charge on any atom is 0.407 e. The number of aliphatic hydroxyl groups is 1. The zero-order valence-corrected chi connectivity index (χ0v) is 20.2. The lowest BCUT2D eigenvalue weighted by Crippen LogP contribution is -2.57. The fourth-order valence-electron chi connectivity index (χ4n) is 5.56. The van der Waals surface area contributed by atoms with Gasteiger partial charge in [-0.25, -0.2) is 9.78 Å². The molecule has 2 amide bonds. The van der Waals surface area contributed by atoms with Gasteiger partial charge in [-0.05, 0) is 24.8 Å². The lowest BCUT2D eigenvalue weighted by atomic mass is 9.92. The summed E-state index contributed by atoms with van der Waals surface area (Å²) in [6.07, 6.45) is 4.37. The molecule has 1 aromatic heterocycles. The molecule has 2 heterocycles. The Hall–Kier alpha value is -3.65. The van der Waals surface area contributed by atoms with Crippen molar-refractivity contribution in [3.8, 4) is 11.3 Å². The fourth-order valence-corrected chi connectivity index (χ4v) is 5.56. The number of aliphatic hydroxyl groups excluding tert-OH is 1. The fraction of sp³-hybridized carbons (Fsp3) is 0.393. The molecule has 0 bridgehead atoms. The normalized spacial score (nSPS) is 22.4. The molecule has 0 spiro atoms. The first-order valence-electron chi connectivity index (χ1n) is 12.7. The van der Waals surface area contributed by atoms with Crippen LogP contribution in [0.25, 0.3) is 11.3 Å². The van der Waals surface area contributed by atoms with Gasteiger partial charge in [0.2, 0.25) is 0 Å². The summed E-state index contributed by atoms with van der Waals surface area (Å²) >= 11 is 0. The van der Waals surface area contributed by atoms with E-state index in [9.17, 15) is 19.8 Å². The van der Waals surface area contributed by atoms with Crippen LogP contribution in [0, 0.1) is 0 Å². The molecule has 0 radical (unpaired) electrons. The smallest absolute Gasteiger partial charge is 0.407 e. The SMILES string of the molecule is O=C(O)N1CCN(C(=O)c2ncn([C@@H]3CCCC[C@@H]3O)c2-c2ccccc2)[C@H](Cc2ccccc2)C1. The number of piperazine rings is 1. The highest BCUT2D eigenvalue weighted by Gasteiger charge is 2.36. The number of carboxylic acid groups (broad SMARTS) is 1. The Labute approximate surface area is 210 Å². The minimum atomic E-state index is -0.972. The van der Waals surface area contributed by atoms with Crippen LogP contribution in [0.15, 0.2) is 67.0 Å². The van der Waals surface area contributed by atoms with Gasteiger partial charge in [-0.15, -0.1) is 0 Å². The number of imidazole rings is 1. The van der Waals surface area contributed by atoms with Crippen LogP contribution >= 0.6 is 0 Å². The predicted octanol–water partition coefficient (Wildman–Crippen LogP) is 4.07. The van der Waals surface area contributed by atoms with Crippen molar-refractivity contribution < 1.29 is 19.8 Å². The third-order valence-corrected chi connectivity index (χ3v) is 7.42. The Bertz CT molecular complexity index is 1200. The largest absolute Gasteiger partial charge is 0.465 e. The van der Waals surface area contributed by atoms with E-state index in [0.717, 1.165) is 36.8 Å². The van der Waals surface area contributed by atoms with E-state index in [-0.39, 0.29) is 31.1 Å². The van der Waals surface area contributed by atoms with Gasteiger partial charge in [-0.2, -0.15) is 0 Å². The average Bonchev–Trinajstić information content (AvgIpc) is 3.34. The third-order valence-electron chi connectivity index (χ3n) is 7.42. The molecule has 188 valence electrons. The summed E-state index contributed by atoms with van der Waals surface area (Å²) < 4.78 is 1.98. The Morgan fingerprint density at radius 1 is 0.944 bits per heavy atom. The van der Waals surface area contributed by atoms with Crippen LogP contribution in [0.2, 0.25) is 0 Å². The highest BCUT2D eigenvalue weighted by Crippen LogP contribution is 2.35. The molecule has 8 nitrogen and oxygen atoms in total. The second-order valence-corrected chi connectivity index (χ2v) is 9.70. The second kappa shape index (κ2) is 10.5. The van der Waals surface area contributed by atoms with Gasteiger partial charge in [-0.1, -0.05) is 73.5 Å². The highest BCUT2D eigenvalue weighted by molar-refractivity contribution is 5.98. The molecule has 1 saturated heterocycles. The van der Waals surface area contributed by atoms with Crippen LogP contribution in [0.3, 0.4) is 0 Å². The van der Waals surface area contributed by atoms with Gasteiger partial charge in [0.05, 0.1) is 30.2 Å². The van der Waals surface area contributed by atoms with E-state index in [1.54, 1.807) is 11.2 Å². The predicted molar refractivity (Wildman–Crippen MR) is 136 cm³/mol. The minimum Gasteiger partial charge on any atom is -0.465 e. The topological polar surface area (TPSA) is 98.9 Å². The summed E-state index contributed by atoms with van der Waals surface area (Å²) in [6.45, 7) is 0.809. The van der Waals surface area contributed by atoms with Crippen LogP contribution in [0.1, 0.15) is 47.8 Å². The first kappa shape index (κ1) is 24.1. The molecule has 2 aliphatic rings. The molecule has 0 unspecified atom stereocenters. The van der Waals surface area contributed by atoms with E-state index in [2.05, 4.69) is 4.98 Å². The van der Waals surface area contributed by atoms with Crippen LogP contribution in [-0.4, -0.2) is 73.3 Å². The first-order valence-corrected chi connectivity index (χ1v) is 12.7.